The van der Waals surface area contributed by atoms with Crippen LogP contribution in [0.2, 0.25) is 0 Å². The molecule has 1 saturated carbocycles. The number of sulfonamides is 1. The quantitative estimate of drug-likeness (QED) is 0.703. The molecule has 0 spiro atoms. The third kappa shape index (κ3) is 4.68. The summed E-state index contributed by atoms with van der Waals surface area (Å²) in [5.74, 6) is -1.39. The molecule has 1 amide bonds. The van der Waals surface area contributed by atoms with Gasteiger partial charge in [-0.2, -0.15) is 4.31 Å². The average molecular weight is 397 g/mol. The number of nitrogens with one attached hydrogen (secondary N) is 1. The second-order valence-electron chi connectivity index (χ2n) is 7.08. The maximum atomic E-state index is 12.9. The molecule has 150 valence electrons. The number of rotatable bonds is 8. The van der Waals surface area contributed by atoms with Gasteiger partial charge >= 0.3 is 5.97 Å². The zero-order valence-electron chi connectivity index (χ0n) is 16.1. The predicted octanol–water partition coefficient (Wildman–Crippen LogP) is 2.54. The minimum atomic E-state index is -3.69. The van der Waals surface area contributed by atoms with Crippen molar-refractivity contribution in [3.63, 3.8) is 0 Å². The summed E-state index contributed by atoms with van der Waals surface area (Å²) in [7, 11) is -3.69. The fourth-order valence-corrected chi connectivity index (χ4v) is 5.43. The number of hydrogen-bond donors (Lipinski definition) is 2. The highest BCUT2D eigenvalue weighted by molar-refractivity contribution is 7.89. The predicted molar refractivity (Wildman–Crippen MR) is 102 cm³/mol. The van der Waals surface area contributed by atoms with Gasteiger partial charge < -0.3 is 10.4 Å². The zero-order chi connectivity index (χ0) is 20.2. The van der Waals surface area contributed by atoms with E-state index in [1.807, 2.05) is 0 Å². The van der Waals surface area contributed by atoms with E-state index in [4.69, 9.17) is 0 Å². The molecule has 2 N–H and O–H groups in total. The van der Waals surface area contributed by atoms with Gasteiger partial charge in [-0.25, -0.2) is 8.42 Å². The van der Waals surface area contributed by atoms with Crippen LogP contribution in [0.15, 0.2) is 23.1 Å². The average Bonchev–Trinajstić information content (AvgIpc) is 3.02. The van der Waals surface area contributed by atoms with Gasteiger partial charge in [0.25, 0.3) is 5.91 Å². The Morgan fingerprint density at radius 3 is 2.30 bits per heavy atom. The van der Waals surface area contributed by atoms with E-state index in [0.717, 1.165) is 12.8 Å². The first-order valence-electron chi connectivity index (χ1n) is 9.30. The Morgan fingerprint density at radius 2 is 1.78 bits per heavy atom. The minimum absolute atomic E-state index is 0.109. The summed E-state index contributed by atoms with van der Waals surface area (Å²) < 4.78 is 27.1. The van der Waals surface area contributed by atoms with Crippen molar-refractivity contribution in [2.45, 2.75) is 63.3 Å². The van der Waals surface area contributed by atoms with Crippen LogP contribution in [0.25, 0.3) is 0 Å². The molecule has 1 aromatic carbocycles. The lowest BCUT2D eigenvalue weighted by molar-refractivity contribution is -0.138. The third-order valence-electron chi connectivity index (χ3n) is 5.20. The molecule has 0 radical (unpaired) electrons. The molecule has 0 unspecified atom stereocenters. The van der Waals surface area contributed by atoms with Gasteiger partial charge in [-0.1, -0.05) is 32.8 Å². The summed E-state index contributed by atoms with van der Waals surface area (Å²) in [4.78, 5) is 24.1. The van der Waals surface area contributed by atoms with Gasteiger partial charge in [0.1, 0.15) is 0 Å². The number of carboxylic acids is 1. The highest BCUT2D eigenvalue weighted by Gasteiger charge is 2.37. The lowest BCUT2D eigenvalue weighted by Crippen LogP contribution is -2.47. The molecule has 27 heavy (non-hydrogen) atoms. The van der Waals surface area contributed by atoms with Gasteiger partial charge in [0.05, 0.1) is 16.9 Å². The van der Waals surface area contributed by atoms with Crippen molar-refractivity contribution in [2.75, 3.05) is 13.1 Å². The van der Waals surface area contributed by atoms with Gasteiger partial charge in [-0.05, 0) is 37.5 Å². The standard InChI is InChI=1S/C19H28N2O5S/c1-4-21(5-2)27(25,26)16-12-15(9-8-14(16)3)18(24)20-19(13-17(22)23)10-6-7-11-19/h8-9,12H,4-7,10-11,13H2,1-3H3,(H,20,24)(H,22,23). The molecule has 0 aromatic heterocycles. The Hall–Kier alpha value is -1.93. The van der Waals surface area contributed by atoms with Gasteiger partial charge in [0.15, 0.2) is 0 Å². The highest BCUT2D eigenvalue weighted by atomic mass is 32.2. The lowest BCUT2D eigenvalue weighted by Gasteiger charge is -2.29. The first-order chi connectivity index (χ1) is 12.6. The van der Waals surface area contributed by atoms with Gasteiger partial charge in [-0.3, -0.25) is 9.59 Å². The molecule has 2 rings (SSSR count). The largest absolute Gasteiger partial charge is 0.481 e. The van der Waals surface area contributed by atoms with Crippen LogP contribution in [0, 0.1) is 6.92 Å². The summed E-state index contributed by atoms with van der Waals surface area (Å²) in [5.41, 5.74) is 0.0358. The van der Waals surface area contributed by atoms with Gasteiger partial charge in [0, 0.05) is 18.7 Å². The van der Waals surface area contributed by atoms with E-state index in [0.29, 0.717) is 31.5 Å². The van der Waals surface area contributed by atoms with E-state index >= 15 is 0 Å². The molecule has 0 atom stereocenters. The summed E-state index contributed by atoms with van der Waals surface area (Å²) in [5, 5.41) is 12.1. The molecule has 7 nitrogen and oxygen atoms in total. The monoisotopic (exact) mass is 396 g/mol. The van der Waals surface area contributed by atoms with Crippen molar-refractivity contribution >= 4 is 21.9 Å². The van der Waals surface area contributed by atoms with E-state index in [2.05, 4.69) is 5.32 Å². The number of carbonyl (C=O) groups excluding carboxylic acids is 1. The van der Waals surface area contributed by atoms with Gasteiger partial charge in [-0.15, -0.1) is 0 Å². The van der Waals surface area contributed by atoms with Gasteiger partial charge in [0.2, 0.25) is 10.0 Å². The Balaban J connectivity index is 2.34. The van der Waals surface area contributed by atoms with Crippen LogP contribution in [-0.2, 0) is 14.8 Å². The SMILES string of the molecule is CCN(CC)S(=O)(=O)c1cc(C(=O)NC2(CC(=O)O)CCCC2)ccc1C. The number of hydrogen-bond acceptors (Lipinski definition) is 4. The van der Waals surface area contributed by atoms with E-state index in [9.17, 15) is 23.1 Å². The molecule has 0 heterocycles. The number of amides is 1. The van der Waals surface area contributed by atoms with Crippen molar-refractivity contribution in [2.24, 2.45) is 0 Å². The Labute approximate surface area is 160 Å². The van der Waals surface area contributed by atoms with Crippen molar-refractivity contribution in [1.82, 2.24) is 9.62 Å². The van der Waals surface area contributed by atoms with E-state index < -0.39 is 27.4 Å². The number of carbonyl (C=O) groups is 2. The molecule has 0 aliphatic heterocycles. The van der Waals surface area contributed by atoms with Crippen LogP contribution in [-0.4, -0.2) is 48.3 Å². The summed E-state index contributed by atoms with van der Waals surface area (Å²) >= 11 is 0. The molecule has 1 aromatic rings. The second kappa shape index (κ2) is 8.39. The number of carboxylic acid groups (broad SMARTS) is 1. The molecule has 8 heteroatoms. The molecule has 1 aliphatic rings. The number of aliphatic carboxylic acids is 1. The summed E-state index contributed by atoms with van der Waals surface area (Å²) in [6.07, 6.45) is 2.82. The zero-order valence-corrected chi connectivity index (χ0v) is 16.9. The number of benzene rings is 1. The first kappa shape index (κ1) is 21.4. The van der Waals surface area contributed by atoms with Crippen molar-refractivity contribution in [1.29, 1.82) is 0 Å². The molecule has 1 fully saturated rings. The Kier molecular flexibility index (Phi) is 6.64. The first-order valence-corrected chi connectivity index (χ1v) is 10.7. The van der Waals surface area contributed by atoms with Crippen molar-refractivity contribution in [3.8, 4) is 0 Å². The molecular weight excluding hydrogens is 368 g/mol. The molecule has 1 aliphatic carbocycles. The van der Waals surface area contributed by atoms with Crippen LogP contribution in [0.3, 0.4) is 0 Å². The van der Waals surface area contributed by atoms with Crippen LogP contribution in [0.1, 0.15) is 61.9 Å². The molecule has 0 bridgehead atoms. The minimum Gasteiger partial charge on any atom is -0.481 e. The maximum Gasteiger partial charge on any atom is 0.305 e. The normalized spacial score (nSPS) is 16.4. The number of nitrogens with zero attached hydrogens (tertiary/aromatic N) is 1. The second-order valence-corrected chi connectivity index (χ2v) is 8.99. The maximum absolute atomic E-state index is 12.9. The molecular formula is C19H28N2O5S. The fourth-order valence-electron chi connectivity index (χ4n) is 3.72. The number of aryl methyl sites for hydroxylation is 1. The van der Waals surface area contributed by atoms with Crippen molar-refractivity contribution in [3.05, 3.63) is 29.3 Å². The summed E-state index contributed by atoms with van der Waals surface area (Å²) in [6.45, 7) is 5.92. The fraction of sp³-hybridized carbons (Fsp3) is 0.579. The lowest BCUT2D eigenvalue weighted by atomic mass is 9.92. The molecule has 0 saturated heterocycles. The highest BCUT2D eigenvalue weighted by Crippen LogP contribution is 2.33. The van der Waals surface area contributed by atoms with Crippen LogP contribution in [0.4, 0.5) is 0 Å². The topological polar surface area (TPSA) is 104 Å². The smallest absolute Gasteiger partial charge is 0.305 e. The van der Waals surface area contributed by atoms with E-state index in [1.54, 1.807) is 32.9 Å². The third-order valence-corrected chi connectivity index (χ3v) is 7.39. The van der Waals surface area contributed by atoms with Crippen LogP contribution in [0.5, 0.6) is 0 Å². The van der Waals surface area contributed by atoms with Crippen LogP contribution >= 0.6 is 0 Å². The Morgan fingerprint density at radius 1 is 1.19 bits per heavy atom. The van der Waals surface area contributed by atoms with Crippen LogP contribution < -0.4 is 5.32 Å². The van der Waals surface area contributed by atoms with E-state index in [1.165, 1.54) is 10.4 Å². The van der Waals surface area contributed by atoms with E-state index in [-0.39, 0.29) is 16.9 Å². The Bertz CT molecular complexity index is 809. The summed E-state index contributed by atoms with van der Waals surface area (Å²) in [6, 6.07) is 4.58. The van der Waals surface area contributed by atoms with Crippen molar-refractivity contribution < 1.29 is 23.1 Å².